The fraction of sp³-hybridized carbons (Fsp3) is 1.00. The minimum Gasteiger partial charge on any atom is -0.383 e. The second kappa shape index (κ2) is 6.72. The van der Waals surface area contributed by atoms with E-state index in [1.54, 1.807) is 0 Å². The maximum Gasteiger partial charge on any atom is 0.0630 e. The highest BCUT2D eigenvalue weighted by Gasteiger charge is 2.36. The zero-order valence-corrected chi connectivity index (χ0v) is 11.5. The molecule has 2 unspecified atom stereocenters. The summed E-state index contributed by atoms with van der Waals surface area (Å²) in [6, 6.07) is 1.41. The number of ether oxygens (including phenoxy) is 1. The summed E-state index contributed by atoms with van der Waals surface area (Å²) in [6.07, 6.45) is 8.62. The summed E-state index contributed by atoms with van der Waals surface area (Å²) >= 11 is 0. The quantitative estimate of drug-likeness (QED) is 0.767. The van der Waals surface area contributed by atoms with E-state index in [1.165, 1.54) is 45.1 Å². The SMILES string of the molecule is CNCC(COC)N1CCCC1C1CCCC1. The van der Waals surface area contributed by atoms with Crippen LogP contribution in [0.4, 0.5) is 0 Å². The molecule has 1 aliphatic heterocycles. The molecule has 1 saturated carbocycles. The Kier molecular flexibility index (Phi) is 5.26. The Morgan fingerprint density at radius 3 is 2.65 bits per heavy atom. The maximum atomic E-state index is 5.40. The predicted molar refractivity (Wildman–Crippen MR) is 71.3 cm³/mol. The van der Waals surface area contributed by atoms with E-state index in [0.717, 1.165) is 25.1 Å². The van der Waals surface area contributed by atoms with Gasteiger partial charge in [0.15, 0.2) is 0 Å². The van der Waals surface area contributed by atoms with Crippen molar-refractivity contribution in [3.05, 3.63) is 0 Å². The molecule has 2 fully saturated rings. The second-order valence-corrected chi connectivity index (χ2v) is 5.66. The number of nitrogens with zero attached hydrogens (tertiary/aromatic N) is 1. The lowest BCUT2D eigenvalue weighted by atomic mass is 9.95. The Hall–Kier alpha value is -0.120. The van der Waals surface area contributed by atoms with Crippen molar-refractivity contribution in [2.24, 2.45) is 5.92 Å². The van der Waals surface area contributed by atoms with Crippen LogP contribution in [0.5, 0.6) is 0 Å². The van der Waals surface area contributed by atoms with E-state index < -0.39 is 0 Å². The van der Waals surface area contributed by atoms with Crippen LogP contribution in [0.2, 0.25) is 0 Å². The van der Waals surface area contributed by atoms with Gasteiger partial charge in [-0.1, -0.05) is 12.8 Å². The van der Waals surface area contributed by atoms with Gasteiger partial charge in [0.2, 0.25) is 0 Å². The summed E-state index contributed by atoms with van der Waals surface area (Å²) in [5, 5.41) is 3.32. The van der Waals surface area contributed by atoms with Gasteiger partial charge in [-0.25, -0.2) is 0 Å². The van der Waals surface area contributed by atoms with Gasteiger partial charge in [0.25, 0.3) is 0 Å². The third-order valence-electron chi connectivity index (χ3n) is 4.55. The fourth-order valence-corrected chi connectivity index (χ4v) is 3.82. The highest BCUT2D eigenvalue weighted by molar-refractivity contribution is 4.91. The highest BCUT2D eigenvalue weighted by atomic mass is 16.5. The van der Waals surface area contributed by atoms with Crippen LogP contribution in [0.3, 0.4) is 0 Å². The molecule has 0 radical (unpaired) electrons. The molecule has 2 rings (SSSR count). The summed E-state index contributed by atoms with van der Waals surface area (Å²) in [5.41, 5.74) is 0. The van der Waals surface area contributed by atoms with Gasteiger partial charge in [-0.05, 0) is 45.2 Å². The van der Waals surface area contributed by atoms with E-state index in [0.29, 0.717) is 6.04 Å². The molecule has 0 aromatic rings. The van der Waals surface area contributed by atoms with Crippen molar-refractivity contribution in [3.63, 3.8) is 0 Å². The molecule has 2 atom stereocenters. The zero-order chi connectivity index (χ0) is 12.1. The van der Waals surface area contributed by atoms with Crippen molar-refractivity contribution in [2.75, 3.05) is 33.9 Å². The van der Waals surface area contributed by atoms with Crippen LogP contribution in [0, 0.1) is 5.92 Å². The van der Waals surface area contributed by atoms with Crippen molar-refractivity contribution >= 4 is 0 Å². The third-order valence-corrected chi connectivity index (χ3v) is 4.55. The minimum atomic E-state index is 0.568. The first-order valence-corrected chi connectivity index (χ1v) is 7.26. The second-order valence-electron chi connectivity index (χ2n) is 5.66. The molecule has 2 aliphatic rings. The van der Waals surface area contributed by atoms with Gasteiger partial charge in [-0.15, -0.1) is 0 Å². The van der Waals surface area contributed by atoms with Gasteiger partial charge >= 0.3 is 0 Å². The van der Waals surface area contributed by atoms with Crippen molar-refractivity contribution in [1.29, 1.82) is 0 Å². The summed E-state index contributed by atoms with van der Waals surface area (Å²) < 4.78 is 5.40. The molecule has 100 valence electrons. The molecule has 0 spiro atoms. The van der Waals surface area contributed by atoms with Crippen molar-refractivity contribution in [3.8, 4) is 0 Å². The Labute approximate surface area is 106 Å². The third kappa shape index (κ3) is 3.21. The van der Waals surface area contributed by atoms with Crippen LogP contribution in [0.25, 0.3) is 0 Å². The van der Waals surface area contributed by atoms with Crippen LogP contribution < -0.4 is 5.32 Å². The first-order chi connectivity index (χ1) is 8.36. The van der Waals surface area contributed by atoms with E-state index in [2.05, 4.69) is 10.2 Å². The largest absolute Gasteiger partial charge is 0.383 e. The molecular formula is C14H28N2O. The van der Waals surface area contributed by atoms with Gasteiger partial charge in [0.1, 0.15) is 0 Å². The first-order valence-electron chi connectivity index (χ1n) is 7.26. The van der Waals surface area contributed by atoms with Gasteiger partial charge in [0, 0.05) is 25.7 Å². The predicted octanol–water partition coefficient (Wildman–Crippen LogP) is 1.88. The van der Waals surface area contributed by atoms with Crippen LogP contribution in [0.15, 0.2) is 0 Å². The molecule has 3 heteroatoms. The Morgan fingerprint density at radius 2 is 2.00 bits per heavy atom. The number of likely N-dealkylation sites (N-methyl/N-ethyl adjacent to an activating group) is 1. The van der Waals surface area contributed by atoms with E-state index >= 15 is 0 Å². The number of methoxy groups -OCH3 is 1. The topological polar surface area (TPSA) is 24.5 Å². The fourth-order valence-electron chi connectivity index (χ4n) is 3.82. The van der Waals surface area contributed by atoms with Crippen LogP contribution in [-0.2, 0) is 4.74 Å². The number of nitrogens with one attached hydrogen (secondary N) is 1. The van der Waals surface area contributed by atoms with Crippen molar-refractivity contribution in [1.82, 2.24) is 10.2 Å². The molecule has 0 aromatic heterocycles. The van der Waals surface area contributed by atoms with E-state index in [1.807, 2.05) is 14.2 Å². The number of hydrogen-bond donors (Lipinski definition) is 1. The summed E-state index contributed by atoms with van der Waals surface area (Å²) in [7, 11) is 3.87. The smallest absolute Gasteiger partial charge is 0.0630 e. The van der Waals surface area contributed by atoms with Crippen LogP contribution in [0.1, 0.15) is 38.5 Å². The zero-order valence-electron chi connectivity index (χ0n) is 11.5. The molecular weight excluding hydrogens is 212 g/mol. The molecule has 0 amide bonds. The average molecular weight is 240 g/mol. The van der Waals surface area contributed by atoms with Crippen LogP contribution in [-0.4, -0.2) is 50.8 Å². The van der Waals surface area contributed by atoms with Crippen molar-refractivity contribution < 1.29 is 4.74 Å². The van der Waals surface area contributed by atoms with Gasteiger partial charge in [0.05, 0.1) is 6.61 Å². The van der Waals surface area contributed by atoms with Gasteiger partial charge < -0.3 is 10.1 Å². The van der Waals surface area contributed by atoms with Crippen LogP contribution >= 0.6 is 0 Å². The molecule has 0 aromatic carbocycles. The standard InChI is InChI=1S/C14H28N2O/c1-15-10-13(11-17-2)16-9-5-8-14(16)12-6-3-4-7-12/h12-15H,3-11H2,1-2H3. The normalized spacial score (nSPS) is 28.9. The average Bonchev–Trinajstić information content (AvgIpc) is 2.99. The maximum absolute atomic E-state index is 5.40. The Balaban J connectivity index is 1.95. The molecule has 1 aliphatic carbocycles. The number of likely N-dealkylation sites (tertiary alicyclic amines) is 1. The Morgan fingerprint density at radius 1 is 1.24 bits per heavy atom. The van der Waals surface area contributed by atoms with Gasteiger partial charge in [-0.3, -0.25) is 4.90 Å². The summed E-state index contributed by atoms with van der Waals surface area (Å²) in [4.78, 5) is 2.73. The first kappa shape index (κ1) is 13.3. The lowest BCUT2D eigenvalue weighted by Gasteiger charge is -2.35. The lowest BCUT2D eigenvalue weighted by Crippen LogP contribution is -2.48. The lowest BCUT2D eigenvalue weighted by molar-refractivity contribution is 0.0648. The minimum absolute atomic E-state index is 0.568. The summed E-state index contributed by atoms with van der Waals surface area (Å²) in [5.74, 6) is 0.966. The molecule has 1 N–H and O–H groups in total. The van der Waals surface area contributed by atoms with E-state index in [-0.39, 0.29) is 0 Å². The van der Waals surface area contributed by atoms with Crippen molar-refractivity contribution in [2.45, 2.75) is 50.6 Å². The molecule has 3 nitrogen and oxygen atoms in total. The molecule has 1 saturated heterocycles. The molecule has 17 heavy (non-hydrogen) atoms. The van der Waals surface area contributed by atoms with E-state index in [4.69, 9.17) is 4.74 Å². The summed E-state index contributed by atoms with van der Waals surface area (Å²) in [6.45, 7) is 3.19. The highest BCUT2D eigenvalue weighted by Crippen LogP contribution is 2.36. The van der Waals surface area contributed by atoms with Gasteiger partial charge in [-0.2, -0.15) is 0 Å². The van der Waals surface area contributed by atoms with E-state index in [9.17, 15) is 0 Å². The Bertz CT molecular complexity index is 210. The number of rotatable bonds is 6. The molecule has 0 bridgehead atoms. The molecule has 1 heterocycles. The number of hydrogen-bond acceptors (Lipinski definition) is 3. The monoisotopic (exact) mass is 240 g/mol.